The van der Waals surface area contributed by atoms with Crippen molar-refractivity contribution in [3.05, 3.63) is 12.0 Å². The second-order valence-corrected chi connectivity index (χ2v) is 8.22. The highest BCUT2D eigenvalue weighted by molar-refractivity contribution is 7.89. The van der Waals surface area contributed by atoms with Crippen molar-refractivity contribution in [2.75, 3.05) is 6.54 Å². The lowest BCUT2D eigenvalue weighted by Gasteiger charge is -2.34. The summed E-state index contributed by atoms with van der Waals surface area (Å²) in [7, 11) is -2.04. The summed E-state index contributed by atoms with van der Waals surface area (Å²) in [6.45, 7) is 5.78. The largest absolute Gasteiger partial charge is 0.352 e. The van der Waals surface area contributed by atoms with Crippen molar-refractivity contribution in [1.82, 2.24) is 19.6 Å². The zero-order valence-corrected chi connectivity index (χ0v) is 15.0. The number of hydrogen-bond acceptors (Lipinski definition) is 4. The summed E-state index contributed by atoms with van der Waals surface area (Å²) >= 11 is 0. The second-order valence-electron chi connectivity index (χ2n) is 6.50. The SMILES string of the molecule is Cc1nc(S(=O)(=O)NCC(=O)N[C@@H]2CCC[C@H](C)[C@@H]2C)cn1C. The van der Waals surface area contributed by atoms with Crippen LogP contribution < -0.4 is 10.0 Å². The van der Waals surface area contributed by atoms with Crippen LogP contribution in [0.1, 0.15) is 38.9 Å². The number of imidazole rings is 1. The number of nitrogens with zero attached hydrogens (tertiary/aromatic N) is 2. The van der Waals surface area contributed by atoms with Crippen molar-refractivity contribution < 1.29 is 13.2 Å². The Kier molecular flexibility index (Phi) is 5.46. The van der Waals surface area contributed by atoms with Gasteiger partial charge in [-0.1, -0.05) is 26.7 Å². The van der Waals surface area contributed by atoms with E-state index in [0.29, 0.717) is 17.7 Å². The van der Waals surface area contributed by atoms with Gasteiger partial charge in [0.05, 0.1) is 6.54 Å². The molecule has 1 aliphatic rings. The van der Waals surface area contributed by atoms with Crippen molar-refractivity contribution in [3.63, 3.8) is 0 Å². The minimum Gasteiger partial charge on any atom is -0.352 e. The van der Waals surface area contributed by atoms with Gasteiger partial charge in [0, 0.05) is 19.3 Å². The number of aromatic nitrogens is 2. The van der Waals surface area contributed by atoms with E-state index in [1.54, 1.807) is 18.5 Å². The van der Waals surface area contributed by atoms with E-state index in [1.807, 2.05) is 0 Å². The highest BCUT2D eigenvalue weighted by Crippen LogP contribution is 2.29. The first-order chi connectivity index (χ1) is 10.7. The van der Waals surface area contributed by atoms with Gasteiger partial charge < -0.3 is 9.88 Å². The number of nitrogens with one attached hydrogen (secondary N) is 2. The van der Waals surface area contributed by atoms with Gasteiger partial charge in [-0.2, -0.15) is 0 Å². The third kappa shape index (κ3) is 4.32. The Morgan fingerprint density at radius 1 is 1.39 bits per heavy atom. The van der Waals surface area contributed by atoms with Crippen molar-refractivity contribution in [2.24, 2.45) is 18.9 Å². The molecule has 23 heavy (non-hydrogen) atoms. The Balaban J connectivity index is 1.91. The quantitative estimate of drug-likeness (QED) is 0.833. The molecule has 8 heteroatoms. The standard InChI is InChI=1S/C15H26N4O3S/c1-10-6-5-7-13(11(10)2)18-14(20)8-16-23(21,22)15-9-19(4)12(3)17-15/h9-11,13,16H,5-8H2,1-4H3,(H,18,20)/t10-,11-,13+/m0/s1. The predicted octanol–water partition coefficient (Wildman–Crippen LogP) is 0.948. The molecule has 0 saturated heterocycles. The molecule has 3 atom stereocenters. The van der Waals surface area contributed by atoms with Crippen LogP contribution in [0.4, 0.5) is 0 Å². The van der Waals surface area contributed by atoms with Crippen molar-refractivity contribution >= 4 is 15.9 Å². The van der Waals surface area contributed by atoms with Gasteiger partial charge in [-0.15, -0.1) is 0 Å². The Morgan fingerprint density at radius 3 is 2.70 bits per heavy atom. The van der Waals surface area contributed by atoms with Gasteiger partial charge >= 0.3 is 0 Å². The topological polar surface area (TPSA) is 93.1 Å². The van der Waals surface area contributed by atoms with Crippen LogP contribution in [0.3, 0.4) is 0 Å². The Labute approximate surface area is 137 Å². The van der Waals surface area contributed by atoms with Gasteiger partial charge in [-0.25, -0.2) is 18.1 Å². The highest BCUT2D eigenvalue weighted by atomic mass is 32.2. The van der Waals surface area contributed by atoms with Gasteiger partial charge in [0.2, 0.25) is 5.91 Å². The monoisotopic (exact) mass is 342 g/mol. The molecular formula is C15H26N4O3S. The minimum absolute atomic E-state index is 0.0649. The molecule has 2 rings (SSSR count). The summed E-state index contributed by atoms with van der Waals surface area (Å²) < 4.78 is 28.2. The van der Waals surface area contributed by atoms with Crippen LogP contribution >= 0.6 is 0 Å². The molecule has 0 spiro atoms. The molecule has 1 aliphatic carbocycles. The molecule has 0 aliphatic heterocycles. The zero-order chi connectivity index (χ0) is 17.2. The molecule has 0 unspecified atom stereocenters. The second kappa shape index (κ2) is 7.00. The van der Waals surface area contributed by atoms with Crippen LogP contribution in [0.5, 0.6) is 0 Å². The molecule has 1 amide bonds. The zero-order valence-electron chi connectivity index (χ0n) is 14.2. The van der Waals surface area contributed by atoms with E-state index in [4.69, 9.17) is 0 Å². The number of carbonyl (C=O) groups is 1. The molecule has 0 bridgehead atoms. The van der Waals surface area contributed by atoms with Crippen molar-refractivity contribution in [2.45, 2.75) is 51.1 Å². The first-order valence-corrected chi connectivity index (χ1v) is 9.48. The first-order valence-electron chi connectivity index (χ1n) is 7.99. The number of carbonyl (C=O) groups excluding carboxylic acids is 1. The Hall–Kier alpha value is -1.41. The highest BCUT2D eigenvalue weighted by Gasteiger charge is 2.28. The number of sulfonamides is 1. The number of rotatable bonds is 5. The summed E-state index contributed by atoms with van der Waals surface area (Å²) in [5.41, 5.74) is 0. The van der Waals surface area contributed by atoms with E-state index < -0.39 is 10.0 Å². The van der Waals surface area contributed by atoms with Gasteiger partial charge in [0.25, 0.3) is 10.0 Å². The first kappa shape index (κ1) is 17.9. The van der Waals surface area contributed by atoms with E-state index in [2.05, 4.69) is 28.9 Å². The number of aryl methyl sites for hydroxylation is 2. The lowest BCUT2D eigenvalue weighted by molar-refractivity contribution is -0.121. The lowest BCUT2D eigenvalue weighted by Crippen LogP contribution is -2.47. The molecule has 0 aromatic carbocycles. The van der Waals surface area contributed by atoms with E-state index in [1.165, 1.54) is 12.6 Å². The summed E-state index contributed by atoms with van der Waals surface area (Å²) in [6, 6.07) is 0.118. The maximum absolute atomic E-state index is 12.1. The third-order valence-electron chi connectivity index (χ3n) is 4.84. The third-order valence-corrected chi connectivity index (χ3v) is 6.11. The smallest absolute Gasteiger partial charge is 0.260 e. The Bertz CT molecular complexity index is 649. The van der Waals surface area contributed by atoms with Gasteiger partial charge in [-0.3, -0.25) is 4.79 Å². The van der Waals surface area contributed by atoms with E-state index in [0.717, 1.165) is 12.8 Å². The minimum atomic E-state index is -3.76. The average Bonchev–Trinajstić information content (AvgIpc) is 2.82. The molecule has 1 heterocycles. The van der Waals surface area contributed by atoms with Crippen LogP contribution in [0.2, 0.25) is 0 Å². The maximum Gasteiger partial charge on any atom is 0.260 e. The molecule has 1 fully saturated rings. The van der Waals surface area contributed by atoms with Gasteiger partial charge in [0.1, 0.15) is 5.82 Å². The molecule has 2 N–H and O–H groups in total. The summed E-state index contributed by atoms with van der Waals surface area (Å²) in [5, 5.41) is 2.88. The number of hydrogen-bond donors (Lipinski definition) is 2. The summed E-state index contributed by atoms with van der Waals surface area (Å²) in [6.07, 6.45) is 4.65. The van der Waals surface area contributed by atoms with Crippen LogP contribution in [-0.4, -0.2) is 36.5 Å². The van der Waals surface area contributed by atoms with E-state index >= 15 is 0 Å². The lowest BCUT2D eigenvalue weighted by atomic mass is 9.78. The van der Waals surface area contributed by atoms with Crippen molar-refractivity contribution in [1.29, 1.82) is 0 Å². The average molecular weight is 342 g/mol. The van der Waals surface area contributed by atoms with E-state index in [9.17, 15) is 13.2 Å². The molecule has 1 aromatic rings. The van der Waals surface area contributed by atoms with Crippen LogP contribution in [0.25, 0.3) is 0 Å². The summed E-state index contributed by atoms with van der Waals surface area (Å²) in [5.74, 6) is 1.28. The van der Waals surface area contributed by atoms with Crippen molar-refractivity contribution in [3.8, 4) is 0 Å². The Morgan fingerprint density at radius 2 is 2.09 bits per heavy atom. The van der Waals surface area contributed by atoms with E-state index in [-0.39, 0.29) is 23.5 Å². The molecule has 0 radical (unpaired) electrons. The molecule has 130 valence electrons. The number of amides is 1. The molecule has 1 aromatic heterocycles. The van der Waals surface area contributed by atoms with Gasteiger partial charge in [0.15, 0.2) is 5.03 Å². The summed E-state index contributed by atoms with van der Waals surface area (Å²) in [4.78, 5) is 16.0. The molecule has 7 nitrogen and oxygen atoms in total. The van der Waals surface area contributed by atoms with Crippen LogP contribution in [-0.2, 0) is 21.9 Å². The molecular weight excluding hydrogens is 316 g/mol. The normalized spacial score (nSPS) is 25.3. The maximum atomic E-state index is 12.1. The fourth-order valence-corrected chi connectivity index (χ4v) is 3.95. The fraction of sp³-hybridized carbons (Fsp3) is 0.733. The van der Waals surface area contributed by atoms with Crippen LogP contribution in [0.15, 0.2) is 11.2 Å². The predicted molar refractivity (Wildman–Crippen MR) is 87.2 cm³/mol. The molecule has 1 saturated carbocycles. The fourth-order valence-electron chi connectivity index (χ4n) is 2.93. The van der Waals surface area contributed by atoms with Crippen LogP contribution in [0, 0.1) is 18.8 Å². The van der Waals surface area contributed by atoms with Gasteiger partial charge in [-0.05, 0) is 25.2 Å².